The predicted molar refractivity (Wildman–Crippen MR) is 72.7 cm³/mol. The average Bonchev–Trinajstić information content (AvgIpc) is 2.79. The van der Waals surface area contributed by atoms with E-state index in [2.05, 4.69) is 10.3 Å². The maximum atomic E-state index is 11.6. The number of hydrogen-bond acceptors (Lipinski definition) is 3. The van der Waals surface area contributed by atoms with Crippen LogP contribution in [0.5, 0.6) is 0 Å². The Bertz CT molecular complexity index is 619. The fourth-order valence-electron chi connectivity index (χ4n) is 1.73. The van der Waals surface area contributed by atoms with Crippen molar-refractivity contribution >= 4 is 17.7 Å². The SMILES string of the molecule is Cc1cc(NC(=O)OCc2ccccc2)c(C(=O)O)[nH]1. The summed E-state index contributed by atoms with van der Waals surface area (Å²) < 4.78 is 5.02. The van der Waals surface area contributed by atoms with Crippen molar-refractivity contribution in [2.45, 2.75) is 13.5 Å². The number of aromatic nitrogens is 1. The molecule has 1 aromatic heterocycles. The summed E-state index contributed by atoms with van der Waals surface area (Å²) in [5, 5.41) is 11.4. The summed E-state index contributed by atoms with van der Waals surface area (Å²) in [5.41, 5.74) is 1.61. The van der Waals surface area contributed by atoms with Crippen LogP contribution in [-0.4, -0.2) is 22.2 Å². The maximum Gasteiger partial charge on any atom is 0.412 e. The molecule has 6 heteroatoms. The Kier molecular flexibility index (Phi) is 4.05. The average molecular weight is 274 g/mol. The molecule has 6 nitrogen and oxygen atoms in total. The van der Waals surface area contributed by atoms with Crippen molar-refractivity contribution in [2.75, 3.05) is 5.32 Å². The lowest BCUT2D eigenvalue weighted by Crippen LogP contribution is -2.15. The summed E-state index contributed by atoms with van der Waals surface area (Å²) in [6.45, 7) is 1.82. The van der Waals surface area contributed by atoms with E-state index in [0.29, 0.717) is 5.69 Å². The van der Waals surface area contributed by atoms with E-state index in [1.807, 2.05) is 30.3 Å². The molecule has 104 valence electrons. The highest BCUT2D eigenvalue weighted by Crippen LogP contribution is 2.17. The van der Waals surface area contributed by atoms with E-state index in [0.717, 1.165) is 5.56 Å². The monoisotopic (exact) mass is 274 g/mol. The zero-order valence-corrected chi connectivity index (χ0v) is 10.8. The van der Waals surface area contributed by atoms with Gasteiger partial charge in [-0.1, -0.05) is 30.3 Å². The molecule has 20 heavy (non-hydrogen) atoms. The molecule has 1 heterocycles. The summed E-state index contributed by atoms with van der Waals surface area (Å²) in [7, 11) is 0. The number of carboxylic acids is 1. The third-order valence-corrected chi connectivity index (χ3v) is 2.62. The standard InChI is InChI=1S/C14H14N2O4/c1-9-7-11(12(15-9)13(17)18)16-14(19)20-8-10-5-3-2-4-6-10/h2-7,15H,8H2,1H3,(H,16,19)(H,17,18). The van der Waals surface area contributed by atoms with Crippen LogP contribution in [0.2, 0.25) is 0 Å². The van der Waals surface area contributed by atoms with Gasteiger partial charge in [-0.2, -0.15) is 0 Å². The molecule has 0 saturated carbocycles. The van der Waals surface area contributed by atoms with E-state index in [1.165, 1.54) is 6.07 Å². The van der Waals surface area contributed by atoms with Gasteiger partial charge in [0.1, 0.15) is 12.3 Å². The van der Waals surface area contributed by atoms with E-state index in [1.54, 1.807) is 6.92 Å². The van der Waals surface area contributed by atoms with Crippen LogP contribution < -0.4 is 5.32 Å². The first-order valence-corrected chi connectivity index (χ1v) is 5.97. The number of amides is 1. The minimum atomic E-state index is -1.14. The topological polar surface area (TPSA) is 91.4 Å². The van der Waals surface area contributed by atoms with Gasteiger partial charge in [0.2, 0.25) is 0 Å². The molecule has 0 atom stereocenters. The number of aryl methyl sites for hydroxylation is 1. The van der Waals surface area contributed by atoms with E-state index in [4.69, 9.17) is 9.84 Å². The Balaban J connectivity index is 1.96. The Morgan fingerprint density at radius 1 is 1.30 bits per heavy atom. The van der Waals surface area contributed by atoms with Crippen molar-refractivity contribution in [1.82, 2.24) is 4.98 Å². The van der Waals surface area contributed by atoms with Gasteiger partial charge in [-0.05, 0) is 18.6 Å². The molecule has 3 N–H and O–H groups in total. The number of carboxylic acid groups (broad SMARTS) is 1. The molecule has 0 unspecified atom stereocenters. The van der Waals surface area contributed by atoms with Gasteiger partial charge in [0.05, 0.1) is 5.69 Å². The van der Waals surface area contributed by atoms with Crippen LogP contribution in [0.25, 0.3) is 0 Å². The van der Waals surface area contributed by atoms with Crippen LogP contribution in [-0.2, 0) is 11.3 Å². The number of hydrogen-bond donors (Lipinski definition) is 3. The highest BCUT2D eigenvalue weighted by Gasteiger charge is 2.15. The largest absolute Gasteiger partial charge is 0.477 e. The molecule has 0 aliphatic heterocycles. The minimum Gasteiger partial charge on any atom is -0.477 e. The van der Waals surface area contributed by atoms with Crippen molar-refractivity contribution in [1.29, 1.82) is 0 Å². The number of nitrogens with one attached hydrogen (secondary N) is 2. The number of carbonyl (C=O) groups is 2. The second kappa shape index (κ2) is 5.92. The van der Waals surface area contributed by atoms with Gasteiger partial charge in [0.25, 0.3) is 0 Å². The molecule has 0 spiro atoms. The van der Waals surface area contributed by atoms with Crippen LogP contribution in [0.1, 0.15) is 21.7 Å². The molecule has 0 aliphatic carbocycles. The van der Waals surface area contributed by atoms with E-state index >= 15 is 0 Å². The zero-order chi connectivity index (χ0) is 14.5. The van der Waals surface area contributed by atoms with Crippen LogP contribution in [0.3, 0.4) is 0 Å². The molecule has 0 aliphatic rings. The molecule has 0 bridgehead atoms. The lowest BCUT2D eigenvalue weighted by molar-refractivity contribution is 0.0692. The number of aromatic carboxylic acids is 1. The van der Waals surface area contributed by atoms with Crippen molar-refractivity contribution in [3.63, 3.8) is 0 Å². The highest BCUT2D eigenvalue weighted by molar-refractivity contribution is 5.97. The number of carbonyl (C=O) groups excluding carboxylic acids is 1. The predicted octanol–water partition coefficient (Wildman–Crippen LogP) is 2.77. The van der Waals surface area contributed by atoms with Gasteiger partial charge in [-0.15, -0.1) is 0 Å². The number of H-pyrrole nitrogens is 1. The third-order valence-electron chi connectivity index (χ3n) is 2.62. The summed E-state index contributed by atoms with van der Waals surface area (Å²) >= 11 is 0. The van der Waals surface area contributed by atoms with Crippen molar-refractivity contribution in [3.05, 3.63) is 53.3 Å². The van der Waals surface area contributed by atoms with Crippen molar-refractivity contribution in [2.24, 2.45) is 0 Å². The lowest BCUT2D eigenvalue weighted by Gasteiger charge is -2.06. The molecule has 2 rings (SSSR count). The molecule has 0 saturated heterocycles. The summed E-state index contributed by atoms with van der Waals surface area (Å²) in [4.78, 5) is 25.3. The fraction of sp³-hybridized carbons (Fsp3) is 0.143. The quantitative estimate of drug-likeness (QED) is 0.799. The van der Waals surface area contributed by atoms with Gasteiger partial charge in [-0.3, -0.25) is 5.32 Å². The van der Waals surface area contributed by atoms with E-state index in [9.17, 15) is 9.59 Å². The summed E-state index contributed by atoms with van der Waals surface area (Å²) in [6.07, 6.45) is -0.699. The van der Waals surface area contributed by atoms with Gasteiger partial charge in [0, 0.05) is 5.69 Å². The van der Waals surface area contributed by atoms with Gasteiger partial charge < -0.3 is 14.8 Å². The fourth-order valence-corrected chi connectivity index (χ4v) is 1.73. The molecule has 1 amide bonds. The molecular formula is C14H14N2O4. The second-order valence-corrected chi connectivity index (χ2v) is 4.23. The van der Waals surface area contributed by atoms with Crippen LogP contribution in [0.15, 0.2) is 36.4 Å². The first kappa shape index (κ1) is 13.7. The van der Waals surface area contributed by atoms with E-state index in [-0.39, 0.29) is 18.0 Å². The van der Waals surface area contributed by atoms with Crippen LogP contribution in [0.4, 0.5) is 10.5 Å². The maximum absolute atomic E-state index is 11.6. The molecular weight excluding hydrogens is 260 g/mol. The lowest BCUT2D eigenvalue weighted by atomic mass is 10.2. The summed E-state index contributed by atoms with van der Waals surface area (Å²) in [6, 6.07) is 10.7. The van der Waals surface area contributed by atoms with Crippen LogP contribution >= 0.6 is 0 Å². The zero-order valence-electron chi connectivity index (χ0n) is 10.8. The van der Waals surface area contributed by atoms with E-state index < -0.39 is 12.1 Å². The number of ether oxygens (including phenoxy) is 1. The number of benzene rings is 1. The normalized spacial score (nSPS) is 10.1. The smallest absolute Gasteiger partial charge is 0.412 e. The van der Waals surface area contributed by atoms with Gasteiger partial charge in [0.15, 0.2) is 0 Å². The molecule has 0 radical (unpaired) electrons. The molecule has 1 aromatic carbocycles. The van der Waals surface area contributed by atoms with Crippen molar-refractivity contribution in [3.8, 4) is 0 Å². The minimum absolute atomic E-state index is 0.0702. The Morgan fingerprint density at radius 3 is 2.65 bits per heavy atom. The number of anilines is 1. The Labute approximate surface area is 115 Å². The number of aromatic amines is 1. The van der Waals surface area contributed by atoms with Crippen molar-refractivity contribution < 1.29 is 19.4 Å². The van der Waals surface area contributed by atoms with Gasteiger partial charge >= 0.3 is 12.1 Å². The molecule has 2 aromatic rings. The Hall–Kier alpha value is -2.76. The summed E-state index contributed by atoms with van der Waals surface area (Å²) in [5.74, 6) is -1.14. The molecule has 0 fully saturated rings. The first-order chi connectivity index (χ1) is 9.56. The highest BCUT2D eigenvalue weighted by atomic mass is 16.5. The third kappa shape index (κ3) is 3.38. The second-order valence-electron chi connectivity index (χ2n) is 4.23. The first-order valence-electron chi connectivity index (χ1n) is 5.97. The Morgan fingerprint density at radius 2 is 2.00 bits per heavy atom. The van der Waals surface area contributed by atoms with Gasteiger partial charge in [-0.25, -0.2) is 9.59 Å². The number of rotatable bonds is 4. The van der Waals surface area contributed by atoms with Crippen LogP contribution in [0, 0.1) is 6.92 Å².